The van der Waals surface area contributed by atoms with Crippen molar-refractivity contribution in [3.05, 3.63) is 56.2 Å². The normalized spacial score (nSPS) is 12.4. The molecule has 0 aliphatic heterocycles. The van der Waals surface area contributed by atoms with Gasteiger partial charge in [0.2, 0.25) is 0 Å². The summed E-state index contributed by atoms with van der Waals surface area (Å²) >= 11 is 13.4. The SMILES string of the molecule is CN(C)C(CNC(=O)c1ccc(Cl)c(Cl)c1)c1ccsc1. The zero-order valence-electron chi connectivity index (χ0n) is 11.8. The quantitative estimate of drug-likeness (QED) is 0.887. The van der Waals surface area contributed by atoms with Crippen molar-refractivity contribution in [3.8, 4) is 0 Å². The zero-order valence-corrected chi connectivity index (χ0v) is 14.1. The number of rotatable bonds is 5. The van der Waals surface area contributed by atoms with Crippen LogP contribution in [0.1, 0.15) is 22.0 Å². The maximum absolute atomic E-state index is 12.2. The lowest BCUT2D eigenvalue weighted by Gasteiger charge is -2.24. The van der Waals surface area contributed by atoms with Gasteiger partial charge in [-0.1, -0.05) is 23.2 Å². The number of benzene rings is 1. The van der Waals surface area contributed by atoms with Crippen molar-refractivity contribution >= 4 is 40.4 Å². The van der Waals surface area contributed by atoms with Crippen LogP contribution in [0.5, 0.6) is 0 Å². The van der Waals surface area contributed by atoms with Crippen LogP contribution in [0.15, 0.2) is 35.0 Å². The van der Waals surface area contributed by atoms with Gasteiger partial charge >= 0.3 is 0 Å². The monoisotopic (exact) mass is 342 g/mol. The number of amides is 1. The standard InChI is InChI=1S/C15H16Cl2N2OS/c1-19(2)14(11-5-6-21-9-11)8-18-15(20)10-3-4-12(16)13(17)7-10/h3-7,9,14H,8H2,1-2H3,(H,18,20). The summed E-state index contributed by atoms with van der Waals surface area (Å²) < 4.78 is 0. The molecule has 1 aromatic carbocycles. The number of carbonyl (C=O) groups excluding carboxylic acids is 1. The summed E-state index contributed by atoms with van der Waals surface area (Å²) in [5, 5.41) is 7.89. The predicted octanol–water partition coefficient (Wildman–Crippen LogP) is 4.09. The second-order valence-electron chi connectivity index (χ2n) is 4.88. The summed E-state index contributed by atoms with van der Waals surface area (Å²) in [5.74, 6) is -0.157. The zero-order chi connectivity index (χ0) is 15.4. The molecule has 0 aliphatic carbocycles. The highest BCUT2D eigenvalue weighted by molar-refractivity contribution is 7.07. The third-order valence-electron chi connectivity index (χ3n) is 3.19. The Morgan fingerprint density at radius 2 is 2.05 bits per heavy atom. The number of nitrogens with zero attached hydrogens (tertiary/aromatic N) is 1. The van der Waals surface area contributed by atoms with Crippen LogP contribution in [-0.2, 0) is 0 Å². The van der Waals surface area contributed by atoms with E-state index in [-0.39, 0.29) is 11.9 Å². The third-order valence-corrected chi connectivity index (χ3v) is 4.63. The largest absolute Gasteiger partial charge is 0.350 e. The lowest BCUT2D eigenvalue weighted by molar-refractivity contribution is 0.0942. The van der Waals surface area contributed by atoms with Crippen molar-refractivity contribution in [2.75, 3.05) is 20.6 Å². The smallest absolute Gasteiger partial charge is 0.251 e. The maximum atomic E-state index is 12.2. The first-order valence-corrected chi connectivity index (χ1v) is 8.10. The molecule has 1 N–H and O–H groups in total. The van der Waals surface area contributed by atoms with E-state index in [0.29, 0.717) is 22.2 Å². The topological polar surface area (TPSA) is 32.3 Å². The fourth-order valence-electron chi connectivity index (χ4n) is 1.99. The number of halogens is 2. The Morgan fingerprint density at radius 1 is 1.29 bits per heavy atom. The Hall–Kier alpha value is -1.07. The van der Waals surface area contributed by atoms with E-state index < -0.39 is 0 Å². The average Bonchev–Trinajstić information content (AvgIpc) is 2.95. The summed E-state index contributed by atoms with van der Waals surface area (Å²) in [6.45, 7) is 0.531. The van der Waals surface area contributed by atoms with Crippen molar-refractivity contribution < 1.29 is 4.79 Å². The van der Waals surface area contributed by atoms with Crippen molar-refractivity contribution in [1.82, 2.24) is 10.2 Å². The van der Waals surface area contributed by atoms with Crippen LogP contribution < -0.4 is 5.32 Å². The van der Waals surface area contributed by atoms with E-state index in [0.717, 1.165) is 0 Å². The summed E-state index contributed by atoms with van der Waals surface area (Å²) in [5.41, 5.74) is 1.70. The van der Waals surface area contributed by atoms with Gasteiger partial charge in [-0.15, -0.1) is 0 Å². The Kier molecular flexibility index (Phi) is 5.65. The van der Waals surface area contributed by atoms with Gasteiger partial charge in [0, 0.05) is 12.1 Å². The van der Waals surface area contributed by atoms with Gasteiger partial charge in [-0.05, 0) is 54.7 Å². The van der Waals surface area contributed by atoms with Crippen molar-refractivity contribution in [3.63, 3.8) is 0 Å². The van der Waals surface area contributed by atoms with Crippen LogP contribution in [0, 0.1) is 0 Å². The van der Waals surface area contributed by atoms with Crippen LogP contribution in [0.2, 0.25) is 10.0 Å². The van der Waals surface area contributed by atoms with Gasteiger partial charge in [-0.2, -0.15) is 11.3 Å². The van der Waals surface area contributed by atoms with E-state index in [1.807, 2.05) is 19.5 Å². The Balaban J connectivity index is 2.03. The molecule has 2 aromatic rings. The molecular formula is C15H16Cl2N2OS. The molecule has 0 aliphatic rings. The van der Waals surface area contributed by atoms with Crippen LogP contribution in [0.25, 0.3) is 0 Å². The van der Waals surface area contributed by atoms with Gasteiger partial charge < -0.3 is 10.2 Å². The molecule has 3 nitrogen and oxygen atoms in total. The van der Waals surface area contributed by atoms with Crippen molar-refractivity contribution in [1.29, 1.82) is 0 Å². The lowest BCUT2D eigenvalue weighted by Crippen LogP contribution is -2.34. The van der Waals surface area contributed by atoms with Gasteiger partial charge in [0.25, 0.3) is 5.91 Å². The highest BCUT2D eigenvalue weighted by atomic mass is 35.5. The first-order chi connectivity index (χ1) is 9.99. The molecule has 0 spiro atoms. The molecule has 1 atom stereocenters. The first-order valence-electron chi connectivity index (χ1n) is 6.41. The summed E-state index contributed by atoms with van der Waals surface area (Å²) in [6, 6.07) is 7.08. The van der Waals surface area contributed by atoms with Crippen LogP contribution in [0.4, 0.5) is 0 Å². The minimum atomic E-state index is -0.157. The Bertz CT molecular complexity index is 614. The Labute approximate surface area is 138 Å². The third kappa shape index (κ3) is 4.20. The summed E-state index contributed by atoms with van der Waals surface area (Å²) in [7, 11) is 3.99. The van der Waals surface area contributed by atoms with E-state index in [2.05, 4.69) is 21.7 Å². The Morgan fingerprint density at radius 3 is 2.62 bits per heavy atom. The second-order valence-corrected chi connectivity index (χ2v) is 6.47. The molecule has 1 aromatic heterocycles. The molecule has 2 rings (SSSR count). The number of thiophene rings is 1. The van der Waals surface area contributed by atoms with Crippen LogP contribution in [-0.4, -0.2) is 31.4 Å². The van der Waals surface area contributed by atoms with Crippen molar-refractivity contribution in [2.24, 2.45) is 0 Å². The van der Waals surface area contributed by atoms with Crippen LogP contribution in [0.3, 0.4) is 0 Å². The molecule has 1 amide bonds. The fourth-order valence-corrected chi connectivity index (χ4v) is 3.00. The molecule has 6 heteroatoms. The number of hydrogen-bond acceptors (Lipinski definition) is 3. The highest BCUT2D eigenvalue weighted by Gasteiger charge is 2.16. The van der Waals surface area contributed by atoms with Gasteiger partial charge in [0.05, 0.1) is 16.1 Å². The molecular weight excluding hydrogens is 327 g/mol. The minimum Gasteiger partial charge on any atom is -0.350 e. The molecule has 1 unspecified atom stereocenters. The van der Waals surface area contributed by atoms with E-state index in [1.165, 1.54) is 5.56 Å². The van der Waals surface area contributed by atoms with Gasteiger partial charge in [-0.3, -0.25) is 4.79 Å². The number of likely N-dealkylation sites (N-methyl/N-ethyl adjacent to an activating group) is 1. The number of hydrogen-bond donors (Lipinski definition) is 1. The number of carbonyl (C=O) groups is 1. The molecule has 0 radical (unpaired) electrons. The molecule has 21 heavy (non-hydrogen) atoms. The van der Waals surface area contributed by atoms with E-state index in [4.69, 9.17) is 23.2 Å². The molecule has 0 bridgehead atoms. The van der Waals surface area contributed by atoms with Gasteiger partial charge in [0.1, 0.15) is 0 Å². The number of nitrogens with one attached hydrogen (secondary N) is 1. The second kappa shape index (κ2) is 7.27. The van der Waals surface area contributed by atoms with E-state index in [1.54, 1.807) is 29.5 Å². The fraction of sp³-hybridized carbons (Fsp3) is 0.267. The van der Waals surface area contributed by atoms with E-state index >= 15 is 0 Å². The van der Waals surface area contributed by atoms with Crippen LogP contribution >= 0.6 is 34.5 Å². The molecule has 0 saturated heterocycles. The molecule has 112 valence electrons. The lowest BCUT2D eigenvalue weighted by atomic mass is 10.1. The van der Waals surface area contributed by atoms with Gasteiger partial charge in [0.15, 0.2) is 0 Å². The summed E-state index contributed by atoms with van der Waals surface area (Å²) in [4.78, 5) is 14.3. The average molecular weight is 343 g/mol. The van der Waals surface area contributed by atoms with E-state index in [9.17, 15) is 4.79 Å². The van der Waals surface area contributed by atoms with Crippen molar-refractivity contribution in [2.45, 2.75) is 6.04 Å². The highest BCUT2D eigenvalue weighted by Crippen LogP contribution is 2.23. The molecule has 0 fully saturated rings. The first kappa shape index (κ1) is 16.3. The molecule has 1 heterocycles. The molecule has 0 saturated carbocycles. The minimum absolute atomic E-state index is 0.142. The maximum Gasteiger partial charge on any atom is 0.251 e. The summed E-state index contributed by atoms with van der Waals surface area (Å²) in [6.07, 6.45) is 0. The van der Waals surface area contributed by atoms with Gasteiger partial charge in [-0.25, -0.2) is 0 Å². The predicted molar refractivity (Wildman–Crippen MR) is 89.5 cm³/mol.